The molecule has 0 saturated carbocycles. The molecule has 0 saturated heterocycles. The molecule has 1 unspecified atom stereocenters. The summed E-state index contributed by atoms with van der Waals surface area (Å²) < 4.78 is 0. The second-order valence-electron chi connectivity index (χ2n) is 4.96. The van der Waals surface area contributed by atoms with Crippen molar-refractivity contribution in [1.82, 2.24) is 0 Å². The first-order valence-corrected chi connectivity index (χ1v) is 5.36. The van der Waals surface area contributed by atoms with Gasteiger partial charge in [-0.2, -0.15) is 0 Å². The quantitative estimate of drug-likeness (QED) is 0.685. The Morgan fingerprint density at radius 1 is 1.31 bits per heavy atom. The maximum absolute atomic E-state index is 11.7. The van der Waals surface area contributed by atoms with Crippen molar-refractivity contribution in [1.29, 1.82) is 0 Å². The monoisotopic (exact) mass is 287 g/mol. The molecule has 0 spiro atoms. The Morgan fingerprint density at radius 3 is 2.62 bits per heavy atom. The zero-order valence-electron chi connectivity index (χ0n) is 10.4. The van der Waals surface area contributed by atoms with Crippen LogP contribution in [0.25, 0.3) is 5.32 Å². The average Bonchev–Trinajstić information content (AvgIpc) is 2.24. The van der Waals surface area contributed by atoms with Crippen LogP contribution in [0, 0.1) is 5.92 Å². The van der Waals surface area contributed by atoms with E-state index in [2.05, 4.69) is 25.2 Å². The summed E-state index contributed by atoms with van der Waals surface area (Å²) in [6, 6.07) is 7.94. The van der Waals surface area contributed by atoms with Crippen LogP contribution >= 0.6 is 0 Å². The Hall–Kier alpha value is 0.495. The van der Waals surface area contributed by atoms with Crippen LogP contribution < -0.4 is 58.2 Å². The minimum atomic E-state index is 0. The smallest absolute Gasteiger partial charge is 0.626 e. The molecule has 1 aromatic carbocycles. The van der Waals surface area contributed by atoms with Crippen LogP contribution in [-0.4, -0.2) is 5.91 Å². The van der Waals surface area contributed by atoms with E-state index in [1.807, 2.05) is 25.1 Å². The maximum Gasteiger partial charge on any atom is 1.00 e. The number of fused-ring (bicyclic) bond motifs is 1. The predicted molar refractivity (Wildman–Crippen MR) is 61.3 cm³/mol. The van der Waals surface area contributed by atoms with Crippen molar-refractivity contribution < 1.29 is 63.0 Å². The van der Waals surface area contributed by atoms with Gasteiger partial charge in [0.1, 0.15) is 0 Å². The third kappa shape index (κ3) is 2.84. The fraction of sp³-hybridized carbons (Fsp3) is 0.462. The van der Waals surface area contributed by atoms with Crippen LogP contribution in [-0.2, 0) is 10.2 Å². The summed E-state index contributed by atoms with van der Waals surface area (Å²) in [7, 11) is 0. The zero-order chi connectivity index (χ0) is 11.1. The standard InChI is InChI=1S/C13H17NO.Rb/c1-9-8-13(2,3)10-6-4-5-7-11(10)14-12(9)15;/h4-7,9H,8H2,1-3H3,(H,14,15);/q;+1/p-1. The van der Waals surface area contributed by atoms with Gasteiger partial charge in [0.15, 0.2) is 0 Å². The molecule has 1 amide bonds. The zero-order valence-corrected chi connectivity index (χ0v) is 15.4. The summed E-state index contributed by atoms with van der Waals surface area (Å²) >= 11 is 0. The normalized spacial score (nSPS) is 22.4. The van der Waals surface area contributed by atoms with E-state index >= 15 is 0 Å². The van der Waals surface area contributed by atoms with Crippen LogP contribution in [0.15, 0.2) is 24.3 Å². The van der Waals surface area contributed by atoms with E-state index in [1.165, 1.54) is 5.56 Å². The Kier molecular flexibility index (Phi) is 4.94. The second-order valence-corrected chi connectivity index (χ2v) is 4.96. The Morgan fingerprint density at radius 2 is 1.94 bits per heavy atom. The minimum Gasteiger partial charge on any atom is -0.626 e. The van der Waals surface area contributed by atoms with Gasteiger partial charge in [-0.15, -0.1) is 5.69 Å². The number of benzene rings is 1. The molecule has 1 aliphatic heterocycles. The third-order valence-electron chi connectivity index (χ3n) is 3.10. The van der Waals surface area contributed by atoms with E-state index in [9.17, 15) is 4.79 Å². The molecule has 1 aliphatic rings. The van der Waals surface area contributed by atoms with Gasteiger partial charge in [-0.1, -0.05) is 50.6 Å². The largest absolute Gasteiger partial charge is 1.00 e. The molecular weight excluding hydrogens is 272 g/mol. The van der Waals surface area contributed by atoms with E-state index in [-0.39, 0.29) is 75.4 Å². The van der Waals surface area contributed by atoms with Crippen LogP contribution in [0.1, 0.15) is 32.8 Å². The number of carbonyl (C=O) groups excluding carboxylic acids is 1. The van der Waals surface area contributed by atoms with Crippen molar-refractivity contribution in [3.05, 3.63) is 35.1 Å². The van der Waals surface area contributed by atoms with Gasteiger partial charge < -0.3 is 10.1 Å². The topological polar surface area (TPSA) is 31.2 Å². The molecule has 3 heteroatoms. The summed E-state index contributed by atoms with van der Waals surface area (Å²) in [4.78, 5) is 11.7. The van der Waals surface area contributed by atoms with E-state index in [4.69, 9.17) is 0 Å². The fourth-order valence-electron chi connectivity index (χ4n) is 2.34. The van der Waals surface area contributed by atoms with Crippen LogP contribution in [0.3, 0.4) is 0 Å². The van der Waals surface area contributed by atoms with Gasteiger partial charge in [-0.3, -0.25) is 0 Å². The number of hydrogen-bond donors (Lipinski definition) is 0. The van der Waals surface area contributed by atoms with Crippen LogP contribution in [0.4, 0.5) is 5.69 Å². The molecule has 80 valence electrons. The number of amides is 1. The SMILES string of the molecule is CC1CC(C)(C)c2ccccc2[N-]C1=O.[Rb+]. The number of rotatable bonds is 0. The first-order valence-electron chi connectivity index (χ1n) is 5.36. The van der Waals surface area contributed by atoms with Crippen molar-refractivity contribution >= 4 is 11.6 Å². The molecular formula is C13H16NORb. The maximum atomic E-state index is 11.7. The molecule has 2 rings (SSSR count). The summed E-state index contributed by atoms with van der Waals surface area (Å²) in [6.45, 7) is 6.31. The minimum absolute atomic E-state index is 0. The van der Waals surface area contributed by atoms with Crippen molar-refractivity contribution in [2.24, 2.45) is 5.92 Å². The first kappa shape index (κ1) is 14.6. The van der Waals surface area contributed by atoms with Gasteiger partial charge >= 0.3 is 58.2 Å². The van der Waals surface area contributed by atoms with E-state index in [0.717, 1.165) is 12.1 Å². The van der Waals surface area contributed by atoms with Crippen molar-refractivity contribution in [3.63, 3.8) is 0 Å². The molecule has 0 fully saturated rings. The molecule has 0 aromatic heterocycles. The molecule has 0 bridgehead atoms. The third-order valence-corrected chi connectivity index (χ3v) is 3.10. The summed E-state index contributed by atoms with van der Waals surface area (Å²) in [6.07, 6.45) is 0.867. The van der Waals surface area contributed by atoms with Gasteiger partial charge in [0.05, 0.1) is 5.91 Å². The predicted octanol–water partition coefficient (Wildman–Crippen LogP) is 0.540. The molecule has 0 N–H and O–H groups in total. The van der Waals surface area contributed by atoms with Crippen molar-refractivity contribution in [2.45, 2.75) is 32.6 Å². The number of para-hydroxylation sites is 1. The van der Waals surface area contributed by atoms with Gasteiger partial charge in [0, 0.05) is 0 Å². The number of nitrogens with zero attached hydrogens (tertiary/aromatic N) is 1. The second kappa shape index (κ2) is 5.43. The molecule has 0 aliphatic carbocycles. The number of carbonyl (C=O) groups is 1. The fourth-order valence-corrected chi connectivity index (χ4v) is 2.34. The average molecular weight is 288 g/mol. The van der Waals surface area contributed by atoms with Gasteiger partial charge in [0.2, 0.25) is 0 Å². The Bertz CT molecular complexity index is 401. The van der Waals surface area contributed by atoms with E-state index < -0.39 is 0 Å². The molecule has 1 heterocycles. The Balaban J connectivity index is 0.00000128. The van der Waals surface area contributed by atoms with E-state index in [0.29, 0.717) is 0 Å². The first-order chi connectivity index (χ1) is 7.00. The van der Waals surface area contributed by atoms with Gasteiger partial charge in [0.25, 0.3) is 0 Å². The molecule has 1 atom stereocenters. The van der Waals surface area contributed by atoms with Crippen LogP contribution in [0.2, 0.25) is 0 Å². The molecule has 16 heavy (non-hydrogen) atoms. The Labute approximate surface area is 146 Å². The van der Waals surface area contributed by atoms with Gasteiger partial charge in [-0.25, -0.2) is 0 Å². The van der Waals surface area contributed by atoms with Crippen molar-refractivity contribution in [2.75, 3.05) is 0 Å². The molecule has 1 aromatic rings. The van der Waals surface area contributed by atoms with Gasteiger partial charge in [-0.05, 0) is 17.8 Å². The number of hydrogen-bond acceptors (Lipinski definition) is 1. The summed E-state index contributed by atoms with van der Waals surface area (Å²) in [5.74, 6) is 0.0282. The van der Waals surface area contributed by atoms with Crippen molar-refractivity contribution in [3.8, 4) is 0 Å². The molecule has 2 nitrogen and oxygen atoms in total. The van der Waals surface area contributed by atoms with Crippen LogP contribution in [0.5, 0.6) is 0 Å². The summed E-state index contributed by atoms with van der Waals surface area (Å²) in [5, 5.41) is 4.18. The molecule has 0 radical (unpaired) electrons. The van der Waals surface area contributed by atoms with E-state index in [1.54, 1.807) is 0 Å². The summed E-state index contributed by atoms with van der Waals surface area (Å²) in [5.41, 5.74) is 2.06.